The molecule has 0 aromatic rings. The molecule has 0 saturated heterocycles. The topological polar surface area (TPSA) is 130 Å². The van der Waals surface area contributed by atoms with Crippen molar-refractivity contribution in [2.75, 3.05) is 0 Å². The van der Waals surface area contributed by atoms with Crippen LogP contribution in [0.3, 0.4) is 0 Å². The zero-order valence-electron chi connectivity index (χ0n) is 7.27. The molecule has 3 unspecified atom stereocenters. The number of nitrogens with one attached hydrogen (secondary N) is 2. The van der Waals surface area contributed by atoms with Gasteiger partial charge in [0.2, 0.25) is 5.91 Å². The molecule has 0 saturated carbocycles. The van der Waals surface area contributed by atoms with E-state index in [9.17, 15) is 4.79 Å². The van der Waals surface area contributed by atoms with Gasteiger partial charge in [-0.15, -0.1) is 0 Å². The molecule has 0 radical (unpaired) electrons. The van der Waals surface area contributed by atoms with Crippen molar-refractivity contribution < 1.29 is 4.79 Å². The summed E-state index contributed by atoms with van der Waals surface area (Å²) in [5.41, 5.74) is 10.7. The van der Waals surface area contributed by atoms with Crippen LogP contribution in [0.25, 0.3) is 0 Å². The number of nitrogens with two attached hydrogens (primary N) is 2. The zero-order valence-corrected chi connectivity index (χ0v) is 7.27. The van der Waals surface area contributed by atoms with Gasteiger partial charge in [-0.05, 0) is 0 Å². The molecule has 0 aromatic heterocycles. The molecule has 2 aliphatic rings. The number of carbonyl (C=O) groups is 1. The number of amides is 1. The molecule has 74 valence electrons. The maximum Gasteiger partial charge on any atom is 0.235 e. The number of amidine groups is 1. The Hall–Kier alpha value is -1.92. The van der Waals surface area contributed by atoms with E-state index < -0.39 is 18.0 Å². The molecule has 0 aliphatic carbocycles. The van der Waals surface area contributed by atoms with Gasteiger partial charge in [0.25, 0.3) is 0 Å². The molecule has 0 fully saturated rings. The lowest BCUT2D eigenvalue weighted by atomic mass is 9.91. The van der Waals surface area contributed by atoms with E-state index in [0.29, 0.717) is 0 Å². The molecule has 7 nitrogen and oxygen atoms in total. The first kappa shape index (κ1) is 8.67. The fraction of sp³-hybridized carbons (Fsp3) is 0.429. The summed E-state index contributed by atoms with van der Waals surface area (Å²) in [6, 6.07) is 0. The average molecular weight is 194 g/mol. The Balaban J connectivity index is 2.31. The van der Waals surface area contributed by atoms with Crippen molar-refractivity contribution in [3.63, 3.8) is 0 Å². The number of guanidine groups is 1. The van der Waals surface area contributed by atoms with Crippen molar-refractivity contribution in [3.8, 4) is 0 Å². The van der Waals surface area contributed by atoms with Crippen molar-refractivity contribution in [1.29, 1.82) is 5.41 Å². The summed E-state index contributed by atoms with van der Waals surface area (Å²) in [5.74, 6) is -1.26. The highest BCUT2D eigenvalue weighted by Gasteiger charge is 2.42. The lowest BCUT2D eigenvalue weighted by Gasteiger charge is -2.23. The summed E-state index contributed by atoms with van der Waals surface area (Å²) in [7, 11) is 0. The fourth-order valence-electron chi connectivity index (χ4n) is 1.62. The second-order valence-corrected chi connectivity index (χ2v) is 3.22. The van der Waals surface area contributed by atoms with Gasteiger partial charge in [-0.25, -0.2) is 4.99 Å². The molecule has 1 amide bonds. The second-order valence-electron chi connectivity index (χ2n) is 3.22. The summed E-state index contributed by atoms with van der Waals surface area (Å²) >= 11 is 0. The Morgan fingerprint density at radius 1 is 1.64 bits per heavy atom. The third kappa shape index (κ3) is 1.13. The normalized spacial score (nSPS) is 34.7. The first-order valence-corrected chi connectivity index (χ1v) is 4.11. The van der Waals surface area contributed by atoms with Gasteiger partial charge in [0.1, 0.15) is 5.84 Å². The fourth-order valence-corrected chi connectivity index (χ4v) is 1.62. The van der Waals surface area contributed by atoms with Gasteiger partial charge < -0.3 is 11.5 Å². The van der Waals surface area contributed by atoms with Crippen molar-refractivity contribution in [3.05, 3.63) is 0 Å². The Morgan fingerprint density at radius 3 is 3.00 bits per heavy atom. The number of nitrogens with zero attached hydrogens (tertiary/aromatic N) is 2. The van der Waals surface area contributed by atoms with E-state index >= 15 is 0 Å². The summed E-state index contributed by atoms with van der Waals surface area (Å²) in [6.07, 6.45) is 0.969. The van der Waals surface area contributed by atoms with Crippen LogP contribution in [0.15, 0.2) is 9.98 Å². The predicted molar refractivity (Wildman–Crippen MR) is 50.9 cm³/mol. The lowest BCUT2D eigenvalue weighted by molar-refractivity contribution is -0.124. The molecular weight excluding hydrogens is 184 g/mol. The van der Waals surface area contributed by atoms with E-state index in [4.69, 9.17) is 16.9 Å². The van der Waals surface area contributed by atoms with Crippen molar-refractivity contribution >= 4 is 23.9 Å². The second kappa shape index (κ2) is 2.79. The maximum absolute atomic E-state index is 11.5. The van der Waals surface area contributed by atoms with Gasteiger partial charge >= 0.3 is 0 Å². The minimum absolute atomic E-state index is 0.0672. The molecule has 0 spiro atoms. The summed E-state index contributed by atoms with van der Waals surface area (Å²) < 4.78 is 0. The third-order valence-electron chi connectivity index (χ3n) is 2.29. The zero-order chi connectivity index (χ0) is 10.3. The molecule has 0 aromatic carbocycles. The van der Waals surface area contributed by atoms with Crippen LogP contribution in [-0.2, 0) is 4.79 Å². The largest absolute Gasteiger partial charge is 0.387 e. The smallest absolute Gasteiger partial charge is 0.235 e. The average Bonchev–Trinajstić information content (AvgIpc) is 2.47. The van der Waals surface area contributed by atoms with Crippen LogP contribution in [-0.4, -0.2) is 30.1 Å². The number of fused-ring (bicyclic) bond motifs is 1. The Kier molecular flexibility index (Phi) is 1.73. The summed E-state index contributed by atoms with van der Waals surface area (Å²) in [5, 5.41) is 9.67. The van der Waals surface area contributed by atoms with Crippen LogP contribution in [0.1, 0.15) is 0 Å². The highest BCUT2D eigenvalue weighted by molar-refractivity contribution is 6.06. The molecular formula is C7H10N6O. The number of hydrogen-bond acceptors (Lipinski definition) is 5. The lowest BCUT2D eigenvalue weighted by Crippen LogP contribution is -2.51. The third-order valence-corrected chi connectivity index (χ3v) is 2.29. The Labute approximate surface area is 79.8 Å². The van der Waals surface area contributed by atoms with Gasteiger partial charge in [-0.3, -0.25) is 20.5 Å². The van der Waals surface area contributed by atoms with Crippen LogP contribution >= 0.6 is 0 Å². The molecule has 6 N–H and O–H groups in total. The van der Waals surface area contributed by atoms with E-state index in [1.165, 1.54) is 6.21 Å². The van der Waals surface area contributed by atoms with Gasteiger partial charge in [0, 0.05) is 6.21 Å². The highest BCUT2D eigenvalue weighted by Crippen LogP contribution is 2.26. The summed E-state index contributed by atoms with van der Waals surface area (Å²) in [4.78, 5) is 19.4. The maximum atomic E-state index is 11.5. The predicted octanol–water partition coefficient (Wildman–Crippen LogP) is -1.99. The van der Waals surface area contributed by atoms with Crippen LogP contribution in [0.2, 0.25) is 0 Å². The van der Waals surface area contributed by atoms with Crippen LogP contribution in [0.4, 0.5) is 0 Å². The van der Waals surface area contributed by atoms with Crippen molar-refractivity contribution in [2.45, 2.75) is 6.17 Å². The van der Waals surface area contributed by atoms with E-state index in [1.54, 1.807) is 0 Å². The molecule has 2 aliphatic heterocycles. The quantitative estimate of drug-likeness (QED) is 0.285. The van der Waals surface area contributed by atoms with Crippen molar-refractivity contribution in [1.82, 2.24) is 5.32 Å². The van der Waals surface area contributed by atoms with E-state index in [2.05, 4.69) is 15.3 Å². The van der Waals surface area contributed by atoms with Crippen LogP contribution in [0, 0.1) is 17.2 Å². The van der Waals surface area contributed by atoms with Crippen LogP contribution in [0.5, 0.6) is 0 Å². The van der Waals surface area contributed by atoms with Gasteiger partial charge in [0.15, 0.2) is 12.1 Å². The monoisotopic (exact) mass is 194 g/mol. The minimum Gasteiger partial charge on any atom is -0.387 e. The van der Waals surface area contributed by atoms with Gasteiger partial charge in [-0.1, -0.05) is 0 Å². The van der Waals surface area contributed by atoms with Crippen molar-refractivity contribution in [2.24, 2.45) is 33.3 Å². The number of hydrogen-bond donors (Lipinski definition) is 4. The standard InChI is InChI=1S/C7H10N6O/c8-4(9)2-1-11-5-3(2)6(14)13-7(10)12-5/h1-3,5H,(H3,8,9)(H3,10,12,13,14). The first-order chi connectivity index (χ1) is 6.59. The van der Waals surface area contributed by atoms with E-state index in [1.807, 2.05) is 0 Å². The Morgan fingerprint density at radius 2 is 2.36 bits per heavy atom. The number of aliphatic imine (C=N–C) groups is 2. The van der Waals surface area contributed by atoms with E-state index in [0.717, 1.165) is 0 Å². The first-order valence-electron chi connectivity index (χ1n) is 4.11. The molecule has 7 heteroatoms. The molecule has 3 atom stereocenters. The molecule has 2 rings (SSSR count). The van der Waals surface area contributed by atoms with Gasteiger partial charge in [-0.2, -0.15) is 0 Å². The molecule has 2 heterocycles. The minimum atomic E-state index is -0.516. The summed E-state index contributed by atoms with van der Waals surface area (Å²) in [6.45, 7) is 0. The SMILES string of the molecule is N=C(N)C1C=NC2N=C(N)NC(=O)C21. The number of carbonyl (C=O) groups excluding carboxylic acids is 1. The highest BCUT2D eigenvalue weighted by atomic mass is 16.2. The molecule has 0 bridgehead atoms. The van der Waals surface area contributed by atoms with Crippen LogP contribution < -0.4 is 16.8 Å². The number of rotatable bonds is 1. The van der Waals surface area contributed by atoms with E-state index in [-0.39, 0.29) is 17.7 Å². The molecule has 14 heavy (non-hydrogen) atoms. The van der Waals surface area contributed by atoms with Gasteiger partial charge in [0.05, 0.1) is 11.8 Å². The Bertz CT molecular complexity index is 359.